The molecule has 1 aromatic heterocycles. The number of aliphatic hydroxyl groups excluding tert-OH is 1. The van der Waals surface area contributed by atoms with E-state index in [4.69, 9.17) is 18.9 Å². The van der Waals surface area contributed by atoms with Crippen molar-refractivity contribution in [3.8, 4) is 29.3 Å². The highest BCUT2D eigenvalue weighted by molar-refractivity contribution is 6.27. The van der Waals surface area contributed by atoms with Crippen LogP contribution in [0.2, 0.25) is 0 Å². The van der Waals surface area contributed by atoms with Crippen LogP contribution in [0.4, 0.5) is 0 Å². The van der Waals surface area contributed by atoms with Crippen LogP contribution in [0.3, 0.4) is 0 Å². The fourth-order valence-electron chi connectivity index (χ4n) is 3.32. The first-order chi connectivity index (χ1) is 15.4. The van der Waals surface area contributed by atoms with Crippen LogP contribution in [0.15, 0.2) is 42.2 Å². The summed E-state index contributed by atoms with van der Waals surface area (Å²) < 4.78 is 21.6. The predicted octanol–water partition coefficient (Wildman–Crippen LogP) is 3.77. The molecule has 1 aromatic carbocycles. The van der Waals surface area contributed by atoms with Crippen LogP contribution in [0.25, 0.3) is 0 Å². The number of allylic oxidation sites excluding steroid dienone is 3. The van der Waals surface area contributed by atoms with Gasteiger partial charge in [-0.3, -0.25) is 9.59 Å². The Hall–Kier alpha value is -3.88. The van der Waals surface area contributed by atoms with E-state index in [1.54, 1.807) is 18.2 Å². The smallest absolute Gasteiger partial charge is 0.328 e. The Morgan fingerprint density at radius 1 is 1.09 bits per heavy atom. The van der Waals surface area contributed by atoms with Gasteiger partial charge in [-0.25, -0.2) is 0 Å². The number of aromatic nitrogens is 2. The van der Waals surface area contributed by atoms with Crippen molar-refractivity contribution < 1.29 is 33.6 Å². The molecule has 0 atom stereocenters. The summed E-state index contributed by atoms with van der Waals surface area (Å²) in [7, 11) is 4.27. The van der Waals surface area contributed by atoms with Gasteiger partial charge in [0, 0.05) is 12.8 Å². The van der Waals surface area contributed by atoms with Crippen LogP contribution in [0.5, 0.6) is 29.3 Å². The van der Waals surface area contributed by atoms with Crippen molar-refractivity contribution in [1.82, 2.24) is 9.97 Å². The molecule has 0 amide bonds. The normalized spacial score (nSPS) is 13.5. The van der Waals surface area contributed by atoms with Crippen molar-refractivity contribution in [2.24, 2.45) is 0 Å². The quantitative estimate of drug-likeness (QED) is 0.353. The fraction of sp³-hybridized carbons (Fsp3) is 0.304. The molecule has 1 aliphatic rings. The number of ether oxygens (including phenoxy) is 4. The Kier molecular flexibility index (Phi) is 7.09. The second kappa shape index (κ2) is 9.95. The minimum atomic E-state index is -0.665. The van der Waals surface area contributed by atoms with Crippen LogP contribution in [-0.4, -0.2) is 48.0 Å². The molecule has 0 saturated heterocycles. The van der Waals surface area contributed by atoms with E-state index in [9.17, 15) is 14.7 Å². The largest absolute Gasteiger partial charge is 0.511 e. The molecule has 1 N–H and O–H groups in total. The van der Waals surface area contributed by atoms with E-state index >= 15 is 0 Å². The number of hydrogen-bond donors (Lipinski definition) is 1. The van der Waals surface area contributed by atoms with Crippen molar-refractivity contribution in [2.45, 2.75) is 25.7 Å². The number of aliphatic hydroxyl groups is 1. The zero-order valence-electron chi connectivity index (χ0n) is 18.1. The lowest BCUT2D eigenvalue weighted by Gasteiger charge is -2.18. The molecule has 0 spiro atoms. The standard InChI is InChI=1S/C23H24N2O7/c1-5-7-13-10-14(21(28)20-15(26)8-6-9-16(20)27)22(17(11-13)29-2)32-23-24-18(30-3)12-19(25-23)31-4/h5,10-12,26H,1,6-9H2,2-4H3. The molecule has 0 unspecified atom stereocenters. The number of carbonyl (C=O) groups excluding carboxylic acids is 2. The first-order valence-corrected chi connectivity index (χ1v) is 9.88. The van der Waals surface area contributed by atoms with E-state index in [0.717, 1.165) is 0 Å². The Morgan fingerprint density at radius 2 is 1.78 bits per heavy atom. The summed E-state index contributed by atoms with van der Waals surface area (Å²) in [5, 5.41) is 10.3. The summed E-state index contributed by atoms with van der Waals surface area (Å²) in [6.45, 7) is 3.72. The Balaban J connectivity index is 2.18. The van der Waals surface area contributed by atoms with Crippen molar-refractivity contribution in [3.63, 3.8) is 0 Å². The SMILES string of the molecule is C=CCc1cc(OC)c(Oc2nc(OC)cc(OC)n2)c(C(=O)C2=C(O)CCCC2=O)c1. The predicted molar refractivity (Wildman–Crippen MR) is 115 cm³/mol. The van der Waals surface area contributed by atoms with Gasteiger partial charge in [-0.1, -0.05) is 6.08 Å². The van der Waals surface area contributed by atoms with Gasteiger partial charge in [-0.2, -0.15) is 9.97 Å². The molecule has 2 aromatic rings. The highest BCUT2D eigenvalue weighted by Crippen LogP contribution is 2.39. The molecule has 0 fully saturated rings. The lowest BCUT2D eigenvalue weighted by Crippen LogP contribution is -2.20. The van der Waals surface area contributed by atoms with Gasteiger partial charge >= 0.3 is 6.01 Å². The summed E-state index contributed by atoms with van der Waals surface area (Å²) in [5.74, 6) is -0.724. The van der Waals surface area contributed by atoms with Crippen molar-refractivity contribution in [1.29, 1.82) is 0 Å². The Bertz CT molecular complexity index is 1070. The number of hydrogen-bond acceptors (Lipinski definition) is 9. The van der Waals surface area contributed by atoms with Gasteiger partial charge in [0.15, 0.2) is 17.3 Å². The van der Waals surface area contributed by atoms with Gasteiger partial charge in [0.05, 0.1) is 33.0 Å². The van der Waals surface area contributed by atoms with Gasteiger partial charge in [0.1, 0.15) is 11.3 Å². The summed E-state index contributed by atoms with van der Waals surface area (Å²) in [6, 6.07) is 4.56. The average molecular weight is 440 g/mol. The monoisotopic (exact) mass is 440 g/mol. The number of ketones is 2. The van der Waals surface area contributed by atoms with Gasteiger partial charge in [-0.05, 0) is 30.5 Å². The first kappa shape index (κ1) is 22.8. The number of carbonyl (C=O) groups is 2. The van der Waals surface area contributed by atoms with Crippen LogP contribution in [0, 0.1) is 0 Å². The minimum absolute atomic E-state index is 0.000656. The van der Waals surface area contributed by atoms with E-state index in [1.165, 1.54) is 27.4 Å². The summed E-state index contributed by atoms with van der Waals surface area (Å²) in [5.41, 5.74) is 0.492. The van der Waals surface area contributed by atoms with Gasteiger partial charge in [0.25, 0.3) is 0 Å². The number of methoxy groups -OCH3 is 3. The van der Waals surface area contributed by atoms with Gasteiger partial charge in [-0.15, -0.1) is 6.58 Å². The molecule has 0 bridgehead atoms. The zero-order valence-corrected chi connectivity index (χ0v) is 18.1. The molecule has 1 heterocycles. The molecular formula is C23H24N2O7. The number of nitrogens with zero attached hydrogens (tertiary/aromatic N) is 2. The molecule has 3 rings (SSSR count). The highest BCUT2D eigenvalue weighted by atomic mass is 16.5. The number of Topliss-reactive ketones (excluding diaryl/α,β-unsaturated/α-hetero) is 2. The maximum Gasteiger partial charge on any atom is 0.328 e. The maximum absolute atomic E-state index is 13.4. The van der Waals surface area contributed by atoms with Crippen molar-refractivity contribution in [2.75, 3.05) is 21.3 Å². The third kappa shape index (κ3) is 4.72. The van der Waals surface area contributed by atoms with E-state index in [2.05, 4.69) is 16.5 Å². The van der Waals surface area contributed by atoms with Gasteiger partial charge in [0.2, 0.25) is 17.5 Å². The zero-order chi connectivity index (χ0) is 23.3. The van der Waals surface area contributed by atoms with Crippen LogP contribution in [0.1, 0.15) is 35.2 Å². The molecule has 9 heteroatoms. The maximum atomic E-state index is 13.4. The second-order valence-electron chi connectivity index (χ2n) is 6.93. The van der Waals surface area contributed by atoms with Gasteiger partial charge < -0.3 is 24.1 Å². The number of rotatable bonds is 9. The van der Waals surface area contributed by atoms with Crippen LogP contribution in [-0.2, 0) is 11.2 Å². The van der Waals surface area contributed by atoms with Crippen LogP contribution < -0.4 is 18.9 Å². The molecule has 0 aliphatic heterocycles. The number of benzene rings is 1. The van der Waals surface area contributed by atoms with E-state index in [-0.39, 0.29) is 59.0 Å². The third-order valence-corrected chi connectivity index (χ3v) is 4.84. The van der Waals surface area contributed by atoms with Crippen LogP contribution >= 0.6 is 0 Å². The Morgan fingerprint density at radius 3 is 2.34 bits per heavy atom. The van der Waals surface area contributed by atoms with E-state index in [0.29, 0.717) is 18.4 Å². The molecule has 32 heavy (non-hydrogen) atoms. The second-order valence-corrected chi connectivity index (χ2v) is 6.93. The minimum Gasteiger partial charge on any atom is -0.511 e. The fourth-order valence-corrected chi connectivity index (χ4v) is 3.32. The molecule has 9 nitrogen and oxygen atoms in total. The lowest BCUT2D eigenvalue weighted by molar-refractivity contribution is -0.116. The lowest BCUT2D eigenvalue weighted by atomic mass is 9.89. The molecular weight excluding hydrogens is 416 g/mol. The summed E-state index contributed by atoms with van der Waals surface area (Å²) >= 11 is 0. The first-order valence-electron chi connectivity index (χ1n) is 9.88. The topological polar surface area (TPSA) is 117 Å². The molecule has 0 saturated carbocycles. The summed E-state index contributed by atoms with van der Waals surface area (Å²) in [4.78, 5) is 34.1. The summed E-state index contributed by atoms with van der Waals surface area (Å²) in [6.07, 6.45) is 3.03. The van der Waals surface area contributed by atoms with E-state index in [1.807, 2.05) is 0 Å². The van der Waals surface area contributed by atoms with E-state index < -0.39 is 11.6 Å². The molecule has 168 valence electrons. The molecule has 0 radical (unpaired) electrons. The molecule has 1 aliphatic carbocycles. The Labute approximate surface area is 185 Å². The highest BCUT2D eigenvalue weighted by Gasteiger charge is 2.31. The van der Waals surface area contributed by atoms with Crippen molar-refractivity contribution in [3.05, 3.63) is 53.3 Å². The van der Waals surface area contributed by atoms with Crippen molar-refractivity contribution >= 4 is 11.6 Å². The third-order valence-electron chi connectivity index (χ3n) is 4.84. The average Bonchev–Trinajstić information content (AvgIpc) is 2.79.